The molecule has 2 amide bonds. The van der Waals surface area contributed by atoms with Gasteiger partial charge in [-0.3, -0.25) is 9.59 Å². The van der Waals surface area contributed by atoms with E-state index >= 15 is 0 Å². The molecule has 18 heavy (non-hydrogen) atoms. The first-order valence-corrected chi connectivity index (χ1v) is 5.35. The van der Waals surface area contributed by atoms with Crippen molar-refractivity contribution in [2.75, 3.05) is 18.0 Å². The van der Waals surface area contributed by atoms with Gasteiger partial charge in [0.2, 0.25) is 11.8 Å². The minimum Gasteiger partial charge on any atom is -0.389 e. The standard InChI is InChI=1S/C11H16N4O3/c1-7(16)8-2-3-11(14-4-8)15(5-9(12)17)6-10(13)18/h2-4,7,16H,5-6H2,1H3,(H2,12,17)(H2,13,18)/t7-/m1/s1. The number of nitrogens with zero attached hydrogens (tertiary/aromatic N) is 2. The lowest BCUT2D eigenvalue weighted by Crippen LogP contribution is -2.40. The Morgan fingerprint density at radius 3 is 2.22 bits per heavy atom. The van der Waals surface area contributed by atoms with Crippen LogP contribution in [0.2, 0.25) is 0 Å². The summed E-state index contributed by atoms with van der Waals surface area (Å²) in [5.74, 6) is -0.771. The lowest BCUT2D eigenvalue weighted by atomic mass is 10.2. The molecule has 1 rings (SSSR count). The molecule has 0 unspecified atom stereocenters. The van der Waals surface area contributed by atoms with Gasteiger partial charge >= 0.3 is 0 Å². The molecular weight excluding hydrogens is 236 g/mol. The van der Waals surface area contributed by atoms with Gasteiger partial charge in [0.25, 0.3) is 0 Å². The van der Waals surface area contributed by atoms with Gasteiger partial charge in [0.15, 0.2) is 0 Å². The van der Waals surface area contributed by atoms with E-state index in [0.29, 0.717) is 11.4 Å². The zero-order chi connectivity index (χ0) is 13.7. The van der Waals surface area contributed by atoms with Crippen LogP contribution in [0, 0.1) is 0 Å². The minimum atomic E-state index is -0.632. The van der Waals surface area contributed by atoms with Crippen molar-refractivity contribution >= 4 is 17.6 Å². The molecule has 0 saturated heterocycles. The van der Waals surface area contributed by atoms with Gasteiger partial charge < -0.3 is 21.5 Å². The van der Waals surface area contributed by atoms with Crippen LogP contribution in [-0.4, -0.2) is 35.0 Å². The Kier molecular flexibility index (Phi) is 4.61. The highest BCUT2D eigenvalue weighted by Gasteiger charge is 2.13. The number of pyridine rings is 1. The molecule has 7 heteroatoms. The number of aliphatic hydroxyl groups excluding tert-OH is 1. The number of hydrogen-bond donors (Lipinski definition) is 3. The summed E-state index contributed by atoms with van der Waals surface area (Å²) in [5, 5.41) is 9.34. The lowest BCUT2D eigenvalue weighted by Gasteiger charge is -2.20. The van der Waals surface area contributed by atoms with Gasteiger partial charge in [-0.05, 0) is 18.6 Å². The molecule has 1 heterocycles. The highest BCUT2D eigenvalue weighted by molar-refractivity contribution is 5.84. The fourth-order valence-corrected chi connectivity index (χ4v) is 1.43. The average Bonchev–Trinajstić information content (AvgIpc) is 2.27. The highest BCUT2D eigenvalue weighted by atomic mass is 16.3. The molecule has 0 saturated carbocycles. The van der Waals surface area contributed by atoms with E-state index in [-0.39, 0.29) is 13.1 Å². The Balaban J connectivity index is 2.90. The van der Waals surface area contributed by atoms with Gasteiger partial charge in [-0.25, -0.2) is 4.98 Å². The molecule has 1 atom stereocenters. The SMILES string of the molecule is C[C@@H](O)c1ccc(N(CC(N)=O)CC(N)=O)nc1. The second kappa shape index (κ2) is 5.97. The number of nitrogens with two attached hydrogens (primary N) is 2. The maximum absolute atomic E-state index is 10.9. The van der Waals surface area contributed by atoms with Gasteiger partial charge in [0, 0.05) is 6.20 Å². The summed E-state index contributed by atoms with van der Waals surface area (Å²) in [6.07, 6.45) is 0.835. The van der Waals surface area contributed by atoms with Crippen molar-refractivity contribution < 1.29 is 14.7 Å². The first kappa shape index (κ1) is 13.9. The number of anilines is 1. The molecular formula is C11H16N4O3. The maximum atomic E-state index is 10.9. The molecule has 0 aliphatic heterocycles. The summed E-state index contributed by atoms with van der Waals surface area (Å²) in [4.78, 5) is 27.2. The van der Waals surface area contributed by atoms with Crippen LogP contribution in [0.3, 0.4) is 0 Å². The van der Waals surface area contributed by atoms with Gasteiger partial charge in [-0.2, -0.15) is 0 Å². The van der Waals surface area contributed by atoms with Gasteiger partial charge in [-0.15, -0.1) is 0 Å². The van der Waals surface area contributed by atoms with Crippen molar-refractivity contribution in [1.29, 1.82) is 0 Å². The van der Waals surface area contributed by atoms with E-state index in [0.717, 1.165) is 0 Å². The Morgan fingerprint density at radius 2 is 1.89 bits per heavy atom. The normalized spacial score (nSPS) is 11.9. The highest BCUT2D eigenvalue weighted by Crippen LogP contribution is 2.15. The molecule has 0 aliphatic carbocycles. The number of carbonyl (C=O) groups is 2. The van der Waals surface area contributed by atoms with Crippen molar-refractivity contribution in [3.05, 3.63) is 23.9 Å². The fraction of sp³-hybridized carbons (Fsp3) is 0.364. The smallest absolute Gasteiger partial charge is 0.237 e. The number of primary amides is 2. The Morgan fingerprint density at radius 1 is 1.33 bits per heavy atom. The van der Waals surface area contributed by atoms with Crippen molar-refractivity contribution in [1.82, 2.24) is 4.98 Å². The van der Waals surface area contributed by atoms with E-state index in [4.69, 9.17) is 11.5 Å². The second-order valence-corrected chi connectivity index (χ2v) is 3.91. The number of aromatic nitrogens is 1. The topological polar surface area (TPSA) is 123 Å². The Labute approximate surface area is 104 Å². The maximum Gasteiger partial charge on any atom is 0.237 e. The molecule has 0 aliphatic rings. The number of amides is 2. The quantitative estimate of drug-likeness (QED) is 0.593. The zero-order valence-electron chi connectivity index (χ0n) is 10.0. The van der Waals surface area contributed by atoms with E-state index < -0.39 is 17.9 Å². The molecule has 0 radical (unpaired) electrons. The molecule has 1 aromatic rings. The summed E-state index contributed by atoms with van der Waals surface area (Å²) in [6.45, 7) is 1.31. The van der Waals surface area contributed by atoms with Gasteiger partial charge in [0.1, 0.15) is 5.82 Å². The molecule has 0 bridgehead atoms. The van der Waals surface area contributed by atoms with Crippen LogP contribution in [-0.2, 0) is 9.59 Å². The third-order valence-corrected chi connectivity index (χ3v) is 2.27. The first-order chi connectivity index (χ1) is 8.40. The first-order valence-electron chi connectivity index (χ1n) is 5.35. The number of aliphatic hydroxyl groups is 1. The molecule has 1 aromatic heterocycles. The Bertz CT molecular complexity index is 414. The zero-order valence-corrected chi connectivity index (χ0v) is 10.0. The summed E-state index contributed by atoms with van der Waals surface area (Å²) in [6, 6.07) is 3.25. The van der Waals surface area contributed by atoms with E-state index in [1.54, 1.807) is 19.1 Å². The largest absolute Gasteiger partial charge is 0.389 e. The molecule has 0 fully saturated rings. The van der Waals surface area contributed by atoms with Crippen LogP contribution >= 0.6 is 0 Å². The third-order valence-electron chi connectivity index (χ3n) is 2.27. The van der Waals surface area contributed by atoms with Crippen molar-refractivity contribution in [2.24, 2.45) is 11.5 Å². The van der Waals surface area contributed by atoms with Crippen LogP contribution < -0.4 is 16.4 Å². The van der Waals surface area contributed by atoms with Crippen LogP contribution in [0.4, 0.5) is 5.82 Å². The minimum absolute atomic E-state index is 0.149. The monoisotopic (exact) mass is 252 g/mol. The molecule has 0 aromatic carbocycles. The summed E-state index contributed by atoms with van der Waals surface area (Å²) < 4.78 is 0. The van der Waals surface area contributed by atoms with Crippen molar-refractivity contribution in [2.45, 2.75) is 13.0 Å². The van der Waals surface area contributed by atoms with Crippen LogP contribution in [0.5, 0.6) is 0 Å². The third kappa shape index (κ3) is 4.02. The Hall–Kier alpha value is -2.15. The average molecular weight is 252 g/mol. The molecule has 0 spiro atoms. The van der Waals surface area contributed by atoms with Crippen LogP contribution in [0.15, 0.2) is 18.3 Å². The van der Waals surface area contributed by atoms with Crippen LogP contribution in [0.25, 0.3) is 0 Å². The molecule has 98 valence electrons. The van der Waals surface area contributed by atoms with Crippen LogP contribution in [0.1, 0.15) is 18.6 Å². The number of carbonyl (C=O) groups excluding carboxylic acids is 2. The predicted molar refractivity (Wildman–Crippen MR) is 65.5 cm³/mol. The summed E-state index contributed by atoms with van der Waals surface area (Å²) in [7, 11) is 0. The predicted octanol–water partition coefficient (Wildman–Crippen LogP) is -1.09. The number of hydrogen-bond acceptors (Lipinski definition) is 5. The molecule has 5 N–H and O–H groups in total. The van der Waals surface area contributed by atoms with Crippen molar-refractivity contribution in [3.8, 4) is 0 Å². The summed E-state index contributed by atoms with van der Waals surface area (Å²) >= 11 is 0. The second-order valence-electron chi connectivity index (χ2n) is 3.91. The van der Waals surface area contributed by atoms with E-state index in [1.807, 2.05) is 0 Å². The van der Waals surface area contributed by atoms with E-state index in [1.165, 1.54) is 11.1 Å². The summed E-state index contributed by atoms with van der Waals surface area (Å²) in [5.41, 5.74) is 10.8. The van der Waals surface area contributed by atoms with E-state index in [2.05, 4.69) is 4.98 Å². The van der Waals surface area contributed by atoms with Gasteiger partial charge in [-0.1, -0.05) is 6.07 Å². The molecule has 7 nitrogen and oxygen atoms in total. The fourth-order valence-electron chi connectivity index (χ4n) is 1.43. The van der Waals surface area contributed by atoms with Gasteiger partial charge in [0.05, 0.1) is 19.2 Å². The number of rotatable bonds is 6. The van der Waals surface area contributed by atoms with Crippen molar-refractivity contribution in [3.63, 3.8) is 0 Å². The van der Waals surface area contributed by atoms with E-state index in [9.17, 15) is 14.7 Å². The lowest BCUT2D eigenvalue weighted by molar-refractivity contribution is -0.117.